The average molecular weight is 206 g/mol. The Balaban J connectivity index is 2.32. The summed E-state index contributed by atoms with van der Waals surface area (Å²) in [6, 6.07) is 0. The van der Waals surface area contributed by atoms with Crippen LogP contribution in [0.15, 0.2) is 24.2 Å². The summed E-state index contributed by atoms with van der Waals surface area (Å²) in [5.41, 5.74) is 0. The van der Waals surface area contributed by atoms with Crippen LogP contribution in [0.5, 0.6) is 0 Å². The van der Waals surface area contributed by atoms with Crippen LogP contribution in [0.2, 0.25) is 0 Å². The highest BCUT2D eigenvalue weighted by Crippen LogP contribution is 2.14. The van der Waals surface area contributed by atoms with Crippen LogP contribution in [0, 0.1) is 0 Å². The van der Waals surface area contributed by atoms with E-state index in [1.165, 1.54) is 6.26 Å². The normalized spacial score (nSPS) is 28.0. The molecule has 1 heterocycles. The highest BCUT2D eigenvalue weighted by molar-refractivity contribution is 7.42. The maximum atomic E-state index is 4.86. The van der Waals surface area contributed by atoms with Gasteiger partial charge in [0, 0.05) is 0 Å². The third-order valence-electron chi connectivity index (χ3n) is 0.842. The van der Waals surface area contributed by atoms with Gasteiger partial charge in [-0.3, -0.25) is 0 Å². The molecule has 0 aliphatic carbocycles. The molecule has 1 aliphatic rings. The zero-order valence-corrected chi connectivity index (χ0v) is 8.07. The van der Waals surface area contributed by atoms with E-state index < -0.39 is 0 Å². The second-order valence-corrected chi connectivity index (χ2v) is 3.17. The van der Waals surface area contributed by atoms with Gasteiger partial charge >= 0.3 is 0 Å². The minimum Gasteiger partial charge on any atom is -0.455 e. The molecule has 0 fully saturated rings. The fourth-order valence-corrected chi connectivity index (χ4v) is 1.15. The Bertz CT molecular complexity index is 170. The van der Waals surface area contributed by atoms with E-state index in [9.17, 15) is 0 Å². The molecule has 0 N–H and O–H groups in total. The SMILES string of the molecule is C1=P/C=C\C=C/OPOOOC1. The quantitative estimate of drug-likeness (QED) is 0.449. The van der Waals surface area contributed by atoms with Gasteiger partial charge in [-0.15, -0.1) is 4.67 Å². The maximum Gasteiger partial charge on any atom is 0.253 e. The van der Waals surface area contributed by atoms with E-state index >= 15 is 0 Å². The van der Waals surface area contributed by atoms with Crippen LogP contribution >= 0.6 is 17.2 Å². The van der Waals surface area contributed by atoms with Crippen molar-refractivity contribution in [1.29, 1.82) is 0 Å². The van der Waals surface area contributed by atoms with Crippen molar-refractivity contribution in [3.8, 4) is 0 Å². The minimum absolute atomic E-state index is 0.207. The number of allylic oxidation sites excluding steroid dienone is 2. The number of hydrogen-bond acceptors (Lipinski definition) is 4. The first-order valence-electron chi connectivity index (χ1n) is 3.19. The molecule has 0 spiro atoms. The zero-order chi connectivity index (χ0) is 8.49. The van der Waals surface area contributed by atoms with Crippen LogP contribution in [0.1, 0.15) is 0 Å². The van der Waals surface area contributed by atoms with E-state index in [4.69, 9.17) is 4.52 Å². The lowest BCUT2D eigenvalue weighted by Crippen LogP contribution is -1.93. The summed E-state index contributed by atoms with van der Waals surface area (Å²) in [5.74, 6) is 3.84. The fraction of sp³-hybridized carbons (Fsp3) is 0.167. The van der Waals surface area contributed by atoms with Crippen molar-refractivity contribution in [1.82, 2.24) is 0 Å². The van der Waals surface area contributed by atoms with Crippen molar-refractivity contribution in [2.45, 2.75) is 0 Å². The second-order valence-electron chi connectivity index (χ2n) is 1.64. The van der Waals surface area contributed by atoms with Gasteiger partial charge in [-0.1, -0.05) is 19.3 Å². The Morgan fingerprint density at radius 2 is 2.33 bits per heavy atom. The molecule has 0 aromatic rings. The molecule has 0 saturated heterocycles. The molecule has 0 saturated carbocycles. The number of rotatable bonds is 0. The van der Waals surface area contributed by atoms with Gasteiger partial charge in [-0.25, -0.2) is 4.89 Å². The highest BCUT2D eigenvalue weighted by atomic mass is 31.1. The highest BCUT2D eigenvalue weighted by Gasteiger charge is 1.87. The smallest absolute Gasteiger partial charge is 0.253 e. The molecule has 4 nitrogen and oxygen atoms in total. The van der Waals surface area contributed by atoms with E-state index in [1.54, 1.807) is 6.08 Å². The van der Waals surface area contributed by atoms with Crippen LogP contribution in [-0.2, 0) is 19.1 Å². The molecule has 1 aliphatic heterocycles. The fourth-order valence-electron chi connectivity index (χ4n) is 0.431. The minimum atomic E-state index is -0.207. The molecular weight excluding hydrogens is 198 g/mol. The molecular formula is C6H8O4P2. The lowest BCUT2D eigenvalue weighted by Gasteiger charge is -1.99. The van der Waals surface area contributed by atoms with Crippen LogP contribution in [0.25, 0.3) is 0 Å². The molecule has 0 amide bonds. The summed E-state index contributed by atoms with van der Waals surface area (Å²) in [6.07, 6.45) is 5.18. The van der Waals surface area contributed by atoms with Crippen molar-refractivity contribution in [3.05, 3.63) is 24.2 Å². The van der Waals surface area contributed by atoms with Gasteiger partial charge in [0.05, 0.1) is 6.26 Å². The van der Waals surface area contributed by atoms with Gasteiger partial charge in [0.1, 0.15) is 6.61 Å². The molecule has 0 aromatic heterocycles. The molecule has 0 aromatic carbocycles. The predicted molar refractivity (Wildman–Crippen MR) is 48.8 cm³/mol. The van der Waals surface area contributed by atoms with E-state index in [0.717, 1.165) is 8.20 Å². The second kappa shape index (κ2) is 7.41. The van der Waals surface area contributed by atoms with E-state index in [2.05, 4.69) is 14.6 Å². The molecule has 0 radical (unpaired) electrons. The van der Waals surface area contributed by atoms with Crippen molar-refractivity contribution in [3.63, 3.8) is 0 Å². The topological polar surface area (TPSA) is 36.9 Å². The monoisotopic (exact) mass is 206 g/mol. The summed E-state index contributed by atoms with van der Waals surface area (Å²) in [5, 5.41) is 4.30. The van der Waals surface area contributed by atoms with E-state index in [0.29, 0.717) is 6.61 Å². The summed E-state index contributed by atoms with van der Waals surface area (Å²) < 4.78 is 9.35. The van der Waals surface area contributed by atoms with E-state index in [-0.39, 0.29) is 9.03 Å². The Labute approximate surface area is 73.8 Å². The van der Waals surface area contributed by atoms with Gasteiger partial charge in [0.15, 0.2) is 0 Å². The van der Waals surface area contributed by atoms with Crippen molar-refractivity contribution in [2.24, 2.45) is 0 Å². The standard InChI is InChI=1S/C6H8O4P2/c1-2-5-11-6-4-7-9-10-12-8-3-1/h1-3,5-6,12H,4H2/b3-1-,5-2-. The van der Waals surface area contributed by atoms with Crippen molar-refractivity contribution in [2.75, 3.05) is 6.61 Å². The maximum absolute atomic E-state index is 4.86. The van der Waals surface area contributed by atoms with Crippen LogP contribution in [-0.4, -0.2) is 12.4 Å². The lowest BCUT2D eigenvalue weighted by atomic mass is 10.6. The number of hydrogen-bond donors (Lipinski definition) is 0. The van der Waals surface area contributed by atoms with Gasteiger partial charge in [0.2, 0.25) is 0 Å². The molecule has 1 unspecified atom stereocenters. The van der Waals surface area contributed by atoms with Crippen LogP contribution < -0.4 is 0 Å². The summed E-state index contributed by atoms with van der Waals surface area (Å²) in [4.78, 5) is 4.59. The van der Waals surface area contributed by atoms with Crippen molar-refractivity contribution < 1.29 is 19.1 Å². The van der Waals surface area contributed by atoms with Crippen molar-refractivity contribution >= 4 is 23.0 Å². The first-order valence-corrected chi connectivity index (χ1v) is 5.04. The van der Waals surface area contributed by atoms with Gasteiger partial charge in [-0.2, -0.15) is 0 Å². The zero-order valence-electron chi connectivity index (χ0n) is 6.17. The predicted octanol–water partition coefficient (Wildman–Crippen LogP) is 2.18. The third kappa shape index (κ3) is 5.42. The largest absolute Gasteiger partial charge is 0.455 e. The Kier molecular flexibility index (Phi) is 6.08. The van der Waals surface area contributed by atoms with Gasteiger partial charge in [0.25, 0.3) is 9.03 Å². The molecule has 6 heteroatoms. The van der Waals surface area contributed by atoms with E-state index in [1.807, 2.05) is 17.7 Å². The molecule has 66 valence electrons. The molecule has 0 bridgehead atoms. The summed E-state index contributed by atoms with van der Waals surface area (Å²) in [6.45, 7) is 0.389. The Morgan fingerprint density at radius 3 is 3.33 bits per heavy atom. The van der Waals surface area contributed by atoms with Gasteiger partial charge in [-0.05, 0) is 17.7 Å². The van der Waals surface area contributed by atoms with Gasteiger partial charge < -0.3 is 4.52 Å². The lowest BCUT2D eigenvalue weighted by molar-refractivity contribution is -0.458. The molecule has 1 rings (SSSR count). The third-order valence-corrected chi connectivity index (χ3v) is 1.91. The Hall–Kier alpha value is -0.240. The van der Waals surface area contributed by atoms with Crippen LogP contribution in [0.3, 0.4) is 0 Å². The Morgan fingerprint density at radius 1 is 1.33 bits per heavy atom. The summed E-state index contributed by atoms with van der Waals surface area (Å²) >= 11 is 0. The summed E-state index contributed by atoms with van der Waals surface area (Å²) in [7, 11) is 0.845. The molecule has 1 atom stereocenters. The first-order chi connectivity index (χ1) is 6.00. The first kappa shape index (κ1) is 9.85. The van der Waals surface area contributed by atoms with Crippen LogP contribution in [0.4, 0.5) is 0 Å². The average Bonchev–Trinajstić information content (AvgIpc) is 2.05. The molecule has 12 heavy (non-hydrogen) atoms.